The first-order valence-corrected chi connectivity index (χ1v) is 7.37. The van der Waals surface area contributed by atoms with Gasteiger partial charge in [0, 0.05) is 10.9 Å². The molecule has 0 fully saturated rings. The zero-order chi connectivity index (χ0) is 13.2. The van der Waals surface area contributed by atoms with E-state index < -0.39 is 0 Å². The van der Waals surface area contributed by atoms with E-state index >= 15 is 0 Å². The first kappa shape index (κ1) is 14.7. The van der Waals surface area contributed by atoms with Crippen LogP contribution < -0.4 is 5.32 Å². The maximum absolute atomic E-state index is 4.83. The summed E-state index contributed by atoms with van der Waals surface area (Å²) in [5.74, 6) is 0.528. The lowest BCUT2D eigenvalue weighted by Gasteiger charge is -2.35. The van der Waals surface area contributed by atoms with Gasteiger partial charge in [0.15, 0.2) is 0 Å². The topological polar surface area (TPSA) is 24.9 Å². The molecule has 3 heteroatoms. The van der Waals surface area contributed by atoms with E-state index in [9.17, 15) is 0 Å². The lowest BCUT2D eigenvalue weighted by atomic mass is 9.88. The summed E-state index contributed by atoms with van der Waals surface area (Å²) < 4.78 is 0. The number of aromatic nitrogens is 1. The molecule has 0 aliphatic heterocycles. The number of hydrogen-bond donors (Lipinski definition) is 1. The van der Waals surface area contributed by atoms with Gasteiger partial charge in [-0.2, -0.15) is 0 Å². The van der Waals surface area contributed by atoms with Crippen LogP contribution in [0.1, 0.15) is 57.1 Å². The van der Waals surface area contributed by atoms with Gasteiger partial charge in [0.1, 0.15) is 5.01 Å². The lowest BCUT2D eigenvalue weighted by molar-refractivity contribution is 0.244. The van der Waals surface area contributed by atoms with Crippen molar-refractivity contribution in [3.8, 4) is 0 Å². The second-order valence-electron chi connectivity index (χ2n) is 5.53. The fourth-order valence-corrected chi connectivity index (χ4v) is 3.31. The van der Waals surface area contributed by atoms with Gasteiger partial charge in [-0.15, -0.1) is 11.3 Å². The summed E-state index contributed by atoms with van der Waals surface area (Å²) in [6, 6.07) is 0.469. The Hall–Kier alpha value is -0.410. The van der Waals surface area contributed by atoms with Gasteiger partial charge < -0.3 is 5.32 Å². The molecule has 0 spiro atoms. The Kier molecular flexibility index (Phi) is 4.73. The summed E-state index contributed by atoms with van der Waals surface area (Å²) >= 11 is 1.84. The molecule has 17 heavy (non-hydrogen) atoms. The summed E-state index contributed by atoms with van der Waals surface area (Å²) in [6.07, 6.45) is 1.03. The number of thiazole rings is 1. The van der Waals surface area contributed by atoms with E-state index in [4.69, 9.17) is 4.98 Å². The molecule has 0 radical (unpaired) electrons. The highest BCUT2D eigenvalue weighted by atomic mass is 32.1. The molecule has 1 atom stereocenters. The SMILES string of the molecule is CCc1nc(C(C)(NC(C)C)C(C)C)sc1C. The summed E-state index contributed by atoms with van der Waals surface area (Å²) in [5.41, 5.74) is 1.24. The predicted molar refractivity (Wildman–Crippen MR) is 76.7 cm³/mol. The Labute approximate surface area is 110 Å². The molecule has 98 valence electrons. The largest absolute Gasteiger partial charge is 0.303 e. The first-order valence-electron chi connectivity index (χ1n) is 6.55. The van der Waals surface area contributed by atoms with Crippen molar-refractivity contribution >= 4 is 11.3 Å². The third kappa shape index (κ3) is 3.08. The molecule has 0 aliphatic rings. The highest BCUT2D eigenvalue weighted by molar-refractivity contribution is 7.11. The van der Waals surface area contributed by atoms with Crippen LogP contribution in [0.15, 0.2) is 0 Å². The molecule has 0 amide bonds. The zero-order valence-electron chi connectivity index (χ0n) is 12.2. The van der Waals surface area contributed by atoms with Crippen molar-refractivity contribution in [1.29, 1.82) is 0 Å². The average Bonchev–Trinajstić information content (AvgIpc) is 2.58. The van der Waals surface area contributed by atoms with Crippen LogP contribution in [0.2, 0.25) is 0 Å². The van der Waals surface area contributed by atoms with E-state index in [0.29, 0.717) is 12.0 Å². The molecule has 1 aromatic heterocycles. The van der Waals surface area contributed by atoms with Crippen LogP contribution in [0.4, 0.5) is 0 Å². The van der Waals surface area contributed by atoms with Crippen molar-refractivity contribution in [2.45, 2.75) is 66.5 Å². The van der Waals surface area contributed by atoms with Crippen LogP contribution in [-0.4, -0.2) is 11.0 Å². The van der Waals surface area contributed by atoms with E-state index in [2.05, 4.69) is 53.8 Å². The Bertz CT molecular complexity index is 368. The van der Waals surface area contributed by atoms with Gasteiger partial charge >= 0.3 is 0 Å². The maximum atomic E-state index is 4.83. The van der Waals surface area contributed by atoms with Crippen LogP contribution in [0, 0.1) is 12.8 Å². The Morgan fingerprint density at radius 3 is 2.24 bits per heavy atom. The fraction of sp³-hybridized carbons (Fsp3) is 0.786. The second kappa shape index (κ2) is 5.49. The molecule has 0 saturated carbocycles. The molecule has 0 saturated heterocycles. The molecule has 2 nitrogen and oxygen atoms in total. The molecule has 0 bridgehead atoms. The van der Waals surface area contributed by atoms with Gasteiger partial charge in [-0.05, 0) is 40.0 Å². The first-order chi connectivity index (χ1) is 7.81. The van der Waals surface area contributed by atoms with Gasteiger partial charge in [-0.3, -0.25) is 0 Å². The quantitative estimate of drug-likeness (QED) is 0.862. The van der Waals surface area contributed by atoms with Crippen molar-refractivity contribution in [1.82, 2.24) is 10.3 Å². The highest BCUT2D eigenvalue weighted by Crippen LogP contribution is 2.34. The fourth-order valence-electron chi connectivity index (χ4n) is 2.05. The highest BCUT2D eigenvalue weighted by Gasteiger charge is 2.34. The van der Waals surface area contributed by atoms with Crippen molar-refractivity contribution in [2.75, 3.05) is 0 Å². The van der Waals surface area contributed by atoms with Crippen LogP contribution in [-0.2, 0) is 12.0 Å². The predicted octanol–water partition coefficient (Wildman–Crippen LogP) is 3.88. The standard InChI is InChI=1S/C14H26N2S/c1-8-12-11(6)17-13(15-12)14(7,9(2)3)16-10(4)5/h9-10,16H,8H2,1-7H3. The number of nitrogens with zero attached hydrogens (tertiary/aromatic N) is 1. The third-order valence-corrected chi connectivity index (χ3v) is 4.67. The summed E-state index contributed by atoms with van der Waals surface area (Å²) in [4.78, 5) is 6.19. The van der Waals surface area contributed by atoms with Crippen LogP contribution >= 0.6 is 11.3 Å². The van der Waals surface area contributed by atoms with E-state index in [0.717, 1.165) is 6.42 Å². The van der Waals surface area contributed by atoms with Crippen LogP contribution in [0.25, 0.3) is 0 Å². The van der Waals surface area contributed by atoms with Crippen molar-refractivity contribution in [2.24, 2.45) is 5.92 Å². The van der Waals surface area contributed by atoms with Crippen molar-refractivity contribution in [3.63, 3.8) is 0 Å². The zero-order valence-corrected chi connectivity index (χ0v) is 13.0. The second-order valence-corrected chi connectivity index (χ2v) is 6.73. The normalized spacial score (nSPS) is 15.6. The molecule has 0 aromatic carbocycles. The minimum Gasteiger partial charge on any atom is -0.303 e. The molecule has 1 N–H and O–H groups in total. The molecule has 1 unspecified atom stereocenters. The Balaban J connectivity index is 3.13. The van der Waals surface area contributed by atoms with Gasteiger partial charge in [-0.25, -0.2) is 4.98 Å². The Morgan fingerprint density at radius 2 is 1.88 bits per heavy atom. The monoisotopic (exact) mass is 254 g/mol. The van der Waals surface area contributed by atoms with Crippen molar-refractivity contribution < 1.29 is 0 Å². The smallest absolute Gasteiger partial charge is 0.113 e. The van der Waals surface area contributed by atoms with E-state index in [1.165, 1.54) is 15.6 Å². The summed E-state index contributed by atoms with van der Waals surface area (Å²) in [7, 11) is 0. The summed E-state index contributed by atoms with van der Waals surface area (Å²) in [6.45, 7) is 15.5. The van der Waals surface area contributed by atoms with Crippen molar-refractivity contribution in [3.05, 3.63) is 15.6 Å². The number of aryl methyl sites for hydroxylation is 2. The minimum atomic E-state index is -0.0169. The van der Waals surface area contributed by atoms with Gasteiger partial charge in [-0.1, -0.05) is 20.8 Å². The van der Waals surface area contributed by atoms with E-state index in [1.807, 2.05) is 11.3 Å². The Morgan fingerprint density at radius 1 is 1.29 bits per heavy atom. The lowest BCUT2D eigenvalue weighted by Crippen LogP contribution is -2.47. The average molecular weight is 254 g/mol. The number of nitrogens with one attached hydrogen (secondary N) is 1. The van der Waals surface area contributed by atoms with Gasteiger partial charge in [0.2, 0.25) is 0 Å². The molecule has 1 aromatic rings. The van der Waals surface area contributed by atoms with Gasteiger partial charge in [0.25, 0.3) is 0 Å². The molecule has 1 rings (SSSR count). The minimum absolute atomic E-state index is 0.0169. The number of rotatable bonds is 5. The van der Waals surface area contributed by atoms with Crippen LogP contribution in [0.5, 0.6) is 0 Å². The number of hydrogen-bond acceptors (Lipinski definition) is 3. The van der Waals surface area contributed by atoms with Crippen LogP contribution in [0.3, 0.4) is 0 Å². The van der Waals surface area contributed by atoms with Gasteiger partial charge in [0.05, 0.1) is 11.2 Å². The maximum Gasteiger partial charge on any atom is 0.113 e. The molecule has 0 aliphatic carbocycles. The molecular weight excluding hydrogens is 228 g/mol. The summed E-state index contributed by atoms with van der Waals surface area (Å²) in [5, 5.41) is 4.92. The molecular formula is C14H26N2S. The van der Waals surface area contributed by atoms with E-state index in [1.54, 1.807) is 0 Å². The van der Waals surface area contributed by atoms with E-state index in [-0.39, 0.29) is 5.54 Å². The third-order valence-electron chi connectivity index (χ3n) is 3.42. The molecule has 1 heterocycles.